The summed E-state index contributed by atoms with van der Waals surface area (Å²) in [5.41, 5.74) is 1.34. The molecule has 0 bridgehead atoms. The maximum Gasteiger partial charge on any atom is 0.222 e. The largest absolute Gasteiger partial charge is 0.497 e. The monoisotopic (exact) mass is 332 g/mol. The molecule has 134 valence electrons. The quantitative estimate of drug-likeness (QED) is 0.695. The Hall–Kier alpha value is -1.55. The van der Waals surface area contributed by atoms with Crippen LogP contribution in [0.15, 0.2) is 24.3 Å². The summed E-state index contributed by atoms with van der Waals surface area (Å²) in [6.45, 7) is 8.47. The molecule has 1 atom stereocenters. The lowest BCUT2D eigenvalue weighted by atomic mass is 10.1. The lowest BCUT2D eigenvalue weighted by molar-refractivity contribution is -0.133. The van der Waals surface area contributed by atoms with Crippen molar-refractivity contribution in [2.45, 2.75) is 52.0 Å². The van der Waals surface area contributed by atoms with Crippen LogP contribution in [0.4, 0.5) is 0 Å². The van der Waals surface area contributed by atoms with Crippen LogP contribution < -0.4 is 4.74 Å². The van der Waals surface area contributed by atoms with Crippen LogP contribution in [0, 0.1) is 0 Å². The predicted molar refractivity (Wildman–Crippen MR) is 98.5 cm³/mol. The van der Waals surface area contributed by atoms with E-state index in [1.807, 2.05) is 17.0 Å². The molecule has 1 saturated heterocycles. The first-order chi connectivity index (χ1) is 11.6. The minimum absolute atomic E-state index is 0.343. The Bertz CT molecular complexity index is 501. The Morgan fingerprint density at radius 1 is 1.25 bits per heavy atom. The summed E-state index contributed by atoms with van der Waals surface area (Å²) in [5.74, 6) is 1.25. The van der Waals surface area contributed by atoms with E-state index in [0.717, 1.165) is 64.0 Å². The fraction of sp³-hybridized carbons (Fsp3) is 0.650. The molecule has 0 spiro atoms. The Morgan fingerprint density at radius 2 is 2.00 bits per heavy atom. The van der Waals surface area contributed by atoms with Crippen molar-refractivity contribution >= 4 is 5.91 Å². The number of methoxy groups -OCH3 is 1. The zero-order valence-electron chi connectivity index (χ0n) is 15.5. The molecule has 1 aliphatic heterocycles. The van der Waals surface area contributed by atoms with Gasteiger partial charge < -0.3 is 14.5 Å². The Kier molecular flexibility index (Phi) is 7.57. The molecule has 1 aliphatic rings. The van der Waals surface area contributed by atoms with E-state index in [0.29, 0.717) is 11.9 Å². The lowest BCUT2D eigenvalue weighted by Gasteiger charge is -2.31. The summed E-state index contributed by atoms with van der Waals surface area (Å²) in [4.78, 5) is 16.4. The number of likely N-dealkylation sites (tertiary alicyclic amines) is 1. The molecule has 1 unspecified atom stereocenters. The molecule has 4 nitrogen and oxygen atoms in total. The van der Waals surface area contributed by atoms with Crippen molar-refractivity contribution in [2.75, 3.05) is 33.3 Å². The van der Waals surface area contributed by atoms with Crippen molar-refractivity contribution in [3.63, 3.8) is 0 Å². The second-order valence-corrected chi connectivity index (χ2v) is 6.72. The summed E-state index contributed by atoms with van der Waals surface area (Å²) in [5, 5.41) is 0. The number of piperidine rings is 1. The number of hydrogen-bond donors (Lipinski definition) is 0. The first-order valence-electron chi connectivity index (χ1n) is 9.28. The molecule has 1 amide bonds. The number of amides is 1. The second-order valence-electron chi connectivity index (χ2n) is 6.72. The number of rotatable bonds is 9. The fourth-order valence-corrected chi connectivity index (χ4v) is 3.48. The van der Waals surface area contributed by atoms with Gasteiger partial charge >= 0.3 is 0 Å². The van der Waals surface area contributed by atoms with Crippen LogP contribution in [0.3, 0.4) is 0 Å². The maximum atomic E-state index is 11.9. The normalized spacial score (nSPS) is 16.5. The topological polar surface area (TPSA) is 32.8 Å². The first kappa shape index (κ1) is 18.8. The van der Waals surface area contributed by atoms with Crippen LogP contribution in [0.2, 0.25) is 0 Å². The maximum absolute atomic E-state index is 11.9. The van der Waals surface area contributed by atoms with Gasteiger partial charge in [-0.05, 0) is 56.8 Å². The number of carbonyl (C=O) groups excluding carboxylic acids is 1. The smallest absolute Gasteiger partial charge is 0.222 e. The van der Waals surface area contributed by atoms with E-state index < -0.39 is 0 Å². The van der Waals surface area contributed by atoms with E-state index in [1.165, 1.54) is 5.56 Å². The Morgan fingerprint density at radius 3 is 2.62 bits per heavy atom. The van der Waals surface area contributed by atoms with Crippen LogP contribution in [-0.2, 0) is 11.2 Å². The average Bonchev–Trinajstić information content (AvgIpc) is 2.60. The summed E-state index contributed by atoms with van der Waals surface area (Å²) in [7, 11) is 1.70. The molecule has 1 heterocycles. The highest BCUT2D eigenvalue weighted by atomic mass is 16.5. The molecular formula is C20H32N2O2. The third-order valence-electron chi connectivity index (χ3n) is 5.01. The zero-order valence-corrected chi connectivity index (χ0v) is 15.5. The van der Waals surface area contributed by atoms with Crippen LogP contribution in [0.1, 0.15) is 45.1 Å². The first-order valence-corrected chi connectivity index (χ1v) is 9.28. The van der Waals surface area contributed by atoms with Crippen molar-refractivity contribution < 1.29 is 9.53 Å². The minimum Gasteiger partial charge on any atom is -0.497 e. The van der Waals surface area contributed by atoms with Crippen LogP contribution in [0.5, 0.6) is 5.75 Å². The molecule has 0 N–H and O–H groups in total. The second kappa shape index (κ2) is 9.67. The van der Waals surface area contributed by atoms with E-state index in [1.54, 1.807) is 7.11 Å². The summed E-state index contributed by atoms with van der Waals surface area (Å²) in [6.07, 6.45) is 5.07. The van der Waals surface area contributed by atoms with Crippen molar-refractivity contribution in [2.24, 2.45) is 0 Å². The van der Waals surface area contributed by atoms with Crippen LogP contribution >= 0.6 is 0 Å². The van der Waals surface area contributed by atoms with Gasteiger partial charge in [0.2, 0.25) is 5.91 Å². The third-order valence-corrected chi connectivity index (χ3v) is 5.01. The molecule has 0 aliphatic carbocycles. The van der Waals surface area contributed by atoms with Crippen molar-refractivity contribution in [1.82, 2.24) is 9.80 Å². The number of likely N-dealkylation sites (N-methyl/N-ethyl adjacent to an activating group) is 1. The van der Waals surface area contributed by atoms with Gasteiger partial charge in [0, 0.05) is 32.1 Å². The van der Waals surface area contributed by atoms with Crippen molar-refractivity contribution in [3.8, 4) is 5.75 Å². The highest BCUT2D eigenvalue weighted by molar-refractivity contribution is 5.76. The van der Waals surface area contributed by atoms with Gasteiger partial charge in [0.1, 0.15) is 5.75 Å². The highest BCUT2D eigenvalue weighted by Gasteiger charge is 2.18. The van der Waals surface area contributed by atoms with Gasteiger partial charge in [-0.3, -0.25) is 4.79 Å². The Balaban J connectivity index is 1.77. The fourth-order valence-electron chi connectivity index (χ4n) is 3.48. The van der Waals surface area contributed by atoms with E-state index in [-0.39, 0.29) is 0 Å². The van der Waals surface area contributed by atoms with E-state index in [4.69, 9.17) is 4.74 Å². The van der Waals surface area contributed by atoms with Gasteiger partial charge in [-0.1, -0.05) is 19.1 Å². The summed E-state index contributed by atoms with van der Waals surface area (Å²) >= 11 is 0. The van der Waals surface area contributed by atoms with Gasteiger partial charge in [0.15, 0.2) is 0 Å². The number of carbonyl (C=O) groups is 1. The summed E-state index contributed by atoms with van der Waals surface area (Å²) in [6, 6.07) is 8.85. The molecule has 0 aromatic heterocycles. The lowest BCUT2D eigenvalue weighted by Crippen LogP contribution is -2.39. The number of nitrogens with zero attached hydrogens (tertiary/aromatic N) is 2. The number of ether oxygens (including phenoxy) is 1. The molecular weight excluding hydrogens is 300 g/mol. The molecule has 1 fully saturated rings. The van der Waals surface area contributed by atoms with Crippen LogP contribution in [0.25, 0.3) is 0 Å². The van der Waals surface area contributed by atoms with Gasteiger partial charge in [0.25, 0.3) is 0 Å². The minimum atomic E-state index is 0.343. The van der Waals surface area contributed by atoms with Gasteiger partial charge in [-0.15, -0.1) is 0 Å². The third kappa shape index (κ3) is 5.52. The zero-order chi connectivity index (χ0) is 17.4. The molecule has 24 heavy (non-hydrogen) atoms. The van der Waals surface area contributed by atoms with Crippen molar-refractivity contribution in [3.05, 3.63) is 29.8 Å². The Labute approximate surface area is 146 Å². The van der Waals surface area contributed by atoms with Gasteiger partial charge in [0.05, 0.1) is 7.11 Å². The van der Waals surface area contributed by atoms with E-state index in [2.05, 4.69) is 30.9 Å². The summed E-state index contributed by atoms with van der Waals surface area (Å²) < 4.78 is 5.22. The molecule has 1 aromatic carbocycles. The van der Waals surface area contributed by atoms with Crippen molar-refractivity contribution in [1.29, 1.82) is 0 Å². The standard InChI is InChI=1S/C20H32N2O2/c1-4-21(14-7-15-22-13-6-5-8-20(22)23)17(2)16-18-9-11-19(24-3)12-10-18/h9-12,17H,4-8,13-16H2,1-3H3. The predicted octanol–water partition coefficient (Wildman–Crippen LogP) is 3.35. The van der Waals surface area contributed by atoms with Gasteiger partial charge in [-0.2, -0.15) is 0 Å². The molecule has 1 aromatic rings. The number of hydrogen-bond acceptors (Lipinski definition) is 3. The van der Waals surface area contributed by atoms with E-state index in [9.17, 15) is 4.79 Å². The average molecular weight is 332 g/mol. The number of benzene rings is 1. The molecule has 0 radical (unpaired) electrons. The SMILES string of the molecule is CCN(CCCN1CCCCC1=O)C(C)Cc1ccc(OC)cc1. The highest BCUT2D eigenvalue weighted by Crippen LogP contribution is 2.15. The van der Waals surface area contributed by atoms with Gasteiger partial charge in [-0.25, -0.2) is 0 Å². The molecule has 0 saturated carbocycles. The molecule has 4 heteroatoms. The van der Waals surface area contributed by atoms with E-state index >= 15 is 0 Å². The van der Waals surface area contributed by atoms with Crippen LogP contribution in [-0.4, -0.2) is 55.0 Å². The molecule has 2 rings (SSSR count).